The molecule has 21 heavy (non-hydrogen) atoms. The monoisotopic (exact) mass is 328 g/mol. The molecule has 0 bridgehead atoms. The largest absolute Gasteiger partial charge is 0.344 e. The molecule has 1 fully saturated rings. The average Bonchev–Trinajstić information content (AvgIpc) is 3.08. The van der Waals surface area contributed by atoms with Gasteiger partial charge in [0.05, 0.1) is 0 Å². The summed E-state index contributed by atoms with van der Waals surface area (Å²) in [5, 5.41) is 14.0. The Hall–Kier alpha value is -1.15. The van der Waals surface area contributed by atoms with Gasteiger partial charge in [-0.2, -0.15) is 0 Å². The Morgan fingerprint density at radius 3 is 2.71 bits per heavy atom. The molecule has 1 aliphatic carbocycles. The molecule has 2 N–H and O–H groups in total. The molecular formula is C13H20N4O2S2. The second-order valence-electron chi connectivity index (χ2n) is 5.02. The van der Waals surface area contributed by atoms with Gasteiger partial charge in [0.15, 0.2) is 4.34 Å². The second kappa shape index (κ2) is 7.74. The van der Waals surface area contributed by atoms with Crippen LogP contribution in [0, 0.1) is 5.92 Å². The van der Waals surface area contributed by atoms with Gasteiger partial charge in [0.1, 0.15) is 6.04 Å². The van der Waals surface area contributed by atoms with Crippen LogP contribution in [0.4, 0.5) is 5.13 Å². The number of rotatable bonds is 6. The van der Waals surface area contributed by atoms with E-state index in [9.17, 15) is 9.59 Å². The number of hydrogen-bond donors (Lipinski definition) is 2. The van der Waals surface area contributed by atoms with Gasteiger partial charge < -0.3 is 5.32 Å². The number of thioether (sulfide) groups is 1. The van der Waals surface area contributed by atoms with E-state index in [1.54, 1.807) is 11.8 Å². The van der Waals surface area contributed by atoms with Gasteiger partial charge in [-0.05, 0) is 24.5 Å². The van der Waals surface area contributed by atoms with E-state index in [0.717, 1.165) is 35.8 Å². The van der Waals surface area contributed by atoms with Crippen LogP contribution < -0.4 is 10.6 Å². The van der Waals surface area contributed by atoms with E-state index in [1.165, 1.54) is 18.3 Å². The normalized spacial score (nSPS) is 16.7. The summed E-state index contributed by atoms with van der Waals surface area (Å²) in [7, 11) is 0. The number of anilines is 1. The number of nitrogens with zero attached hydrogens (tertiary/aromatic N) is 2. The van der Waals surface area contributed by atoms with Gasteiger partial charge >= 0.3 is 0 Å². The topological polar surface area (TPSA) is 84.0 Å². The molecule has 0 saturated heterocycles. The van der Waals surface area contributed by atoms with E-state index >= 15 is 0 Å². The van der Waals surface area contributed by atoms with E-state index in [4.69, 9.17) is 0 Å². The minimum absolute atomic E-state index is 0.179. The fourth-order valence-electron chi connectivity index (χ4n) is 2.53. The van der Waals surface area contributed by atoms with E-state index in [0.29, 0.717) is 5.13 Å². The molecule has 1 atom stereocenters. The first-order valence-corrected chi connectivity index (χ1v) is 8.94. The highest BCUT2D eigenvalue weighted by Crippen LogP contribution is 2.29. The van der Waals surface area contributed by atoms with Gasteiger partial charge in [-0.3, -0.25) is 14.9 Å². The Morgan fingerprint density at radius 1 is 1.38 bits per heavy atom. The van der Waals surface area contributed by atoms with Crippen LogP contribution in [0.2, 0.25) is 0 Å². The van der Waals surface area contributed by atoms with Gasteiger partial charge in [0.25, 0.3) is 0 Å². The van der Waals surface area contributed by atoms with E-state index in [1.807, 2.05) is 6.92 Å². The maximum atomic E-state index is 12.4. The van der Waals surface area contributed by atoms with Crippen molar-refractivity contribution in [1.29, 1.82) is 0 Å². The maximum Gasteiger partial charge on any atom is 0.249 e. The fraction of sp³-hybridized carbons (Fsp3) is 0.692. The average molecular weight is 328 g/mol. The standard InChI is InChI=1S/C13H20N4O2S2/c1-3-20-13-17-16-12(21-13)15-11(19)10(14-8(2)18)9-6-4-5-7-9/h9-10H,3-7H2,1-2H3,(H,14,18)(H,15,16,19)/t10-/m0/s1. The van der Waals surface area contributed by atoms with Gasteiger partial charge in [0, 0.05) is 6.92 Å². The van der Waals surface area contributed by atoms with E-state index in [-0.39, 0.29) is 17.7 Å². The van der Waals surface area contributed by atoms with Crippen molar-refractivity contribution in [3.05, 3.63) is 0 Å². The van der Waals surface area contributed by atoms with Crippen LogP contribution in [0.1, 0.15) is 39.5 Å². The Balaban J connectivity index is 2.00. The molecule has 1 aliphatic rings. The first-order valence-electron chi connectivity index (χ1n) is 7.14. The van der Waals surface area contributed by atoms with Crippen molar-refractivity contribution < 1.29 is 9.59 Å². The summed E-state index contributed by atoms with van der Waals surface area (Å²) in [6, 6.07) is -0.476. The molecular weight excluding hydrogens is 308 g/mol. The third-order valence-corrected chi connectivity index (χ3v) is 5.27. The molecule has 8 heteroatoms. The van der Waals surface area contributed by atoms with Crippen molar-refractivity contribution in [3.8, 4) is 0 Å². The molecule has 0 aromatic carbocycles. The number of hydrogen-bond acceptors (Lipinski definition) is 6. The highest BCUT2D eigenvalue weighted by molar-refractivity contribution is 8.01. The summed E-state index contributed by atoms with van der Waals surface area (Å²) in [4.78, 5) is 23.7. The number of carbonyl (C=O) groups excluding carboxylic acids is 2. The zero-order chi connectivity index (χ0) is 15.2. The van der Waals surface area contributed by atoms with Gasteiger partial charge in [0.2, 0.25) is 16.9 Å². The zero-order valence-electron chi connectivity index (χ0n) is 12.2. The van der Waals surface area contributed by atoms with Crippen LogP contribution in [-0.2, 0) is 9.59 Å². The van der Waals surface area contributed by atoms with Gasteiger partial charge in [-0.25, -0.2) is 0 Å². The fourth-order valence-corrected chi connectivity index (χ4v) is 4.18. The third-order valence-electron chi connectivity index (χ3n) is 3.42. The zero-order valence-corrected chi connectivity index (χ0v) is 13.9. The summed E-state index contributed by atoms with van der Waals surface area (Å²) >= 11 is 2.95. The minimum atomic E-state index is -0.476. The summed E-state index contributed by atoms with van der Waals surface area (Å²) in [5.74, 6) is 0.758. The quantitative estimate of drug-likeness (QED) is 0.618. The number of carbonyl (C=O) groups is 2. The molecule has 0 spiro atoms. The molecule has 2 amide bonds. The minimum Gasteiger partial charge on any atom is -0.344 e. The molecule has 1 aromatic rings. The lowest BCUT2D eigenvalue weighted by atomic mass is 9.97. The van der Waals surface area contributed by atoms with E-state index in [2.05, 4.69) is 20.8 Å². The SMILES string of the molecule is CCSc1nnc(NC(=O)[C@@H](NC(C)=O)C2CCCC2)s1. The van der Waals surface area contributed by atoms with E-state index < -0.39 is 6.04 Å². The lowest BCUT2D eigenvalue weighted by Crippen LogP contribution is -2.47. The van der Waals surface area contributed by atoms with Gasteiger partial charge in [-0.15, -0.1) is 10.2 Å². The highest BCUT2D eigenvalue weighted by atomic mass is 32.2. The Kier molecular flexibility index (Phi) is 5.98. The molecule has 6 nitrogen and oxygen atoms in total. The van der Waals surface area contributed by atoms with Crippen molar-refractivity contribution >= 4 is 40.0 Å². The lowest BCUT2D eigenvalue weighted by Gasteiger charge is -2.22. The maximum absolute atomic E-state index is 12.4. The summed E-state index contributed by atoms with van der Waals surface area (Å²) in [6.45, 7) is 3.48. The molecule has 0 unspecified atom stereocenters. The lowest BCUT2D eigenvalue weighted by molar-refractivity contribution is -0.126. The summed E-state index contributed by atoms with van der Waals surface area (Å²) in [5.41, 5.74) is 0. The molecule has 116 valence electrons. The smallest absolute Gasteiger partial charge is 0.249 e. The highest BCUT2D eigenvalue weighted by Gasteiger charge is 2.31. The van der Waals surface area contributed by atoms with Crippen LogP contribution >= 0.6 is 23.1 Å². The number of amides is 2. The predicted molar refractivity (Wildman–Crippen MR) is 84.5 cm³/mol. The summed E-state index contributed by atoms with van der Waals surface area (Å²) in [6.07, 6.45) is 4.19. The van der Waals surface area contributed by atoms with Crippen molar-refractivity contribution in [1.82, 2.24) is 15.5 Å². The first kappa shape index (κ1) is 16.2. The van der Waals surface area contributed by atoms with Crippen LogP contribution in [-0.4, -0.2) is 33.8 Å². The van der Waals surface area contributed by atoms with Crippen LogP contribution in [0.15, 0.2) is 4.34 Å². The predicted octanol–water partition coefficient (Wildman–Crippen LogP) is 2.28. The molecule has 1 aromatic heterocycles. The molecule has 0 radical (unpaired) electrons. The number of nitrogens with one attached hydrogen (secondary N) is 2. The van der Waals surface area contributed by atoms with Crippen molar-refractivity contribution in [3.63, 3.8) is 0 Å². The Labute approximate surface area is 132 Å². The van der Waals surface area contributed by atoms with Crippen molar-refractivity contribution in [2.24, 2.45) is 5.92 Å². The van der Waals surface area contributed by atoms with Crippen LogP contribution in [0.5, 0.6) is 0 Å². The third kappa shape index (κ3) is 4.67. The van der Waals surface area contributed by atoms with Crippen LogP contribution in [0.3, 0.4) is 0 Å². The first-order chi connectivity index (χ1) is 10.1. The molecule has 1 saturated carbocycles. The molecule has 1 heterocycles. The molecule has 0 aliphatic heterocycles. The Morgan fingerprint density at radius 2 is 2.10 bits per heavy atom. The van der Waals surface area contributed by atoms with Crippen molar-refractivity contribution in [2.75, 3.05) is 11.1 Å². The van der Waals surface area contributed by atoms with Crippen molar-refractivity contribution in [2.45, 2.75) is 49.9 Å². The summed E-state index contributed by atoms with van der Waals surface area (Å²) < 4.78 is 0.838. The van der Waals surface area contributed by atoms with Gasteiger partial charge in [-0.1, -0.05) is 42.9 Å². The Bertz CT molecular complexity index is 500. The van der Waals surface area contributed by atoms with Crippen LogP contribution in [0.25, 0.3) is 0 Å². The molecule has 2 rings (SSSR count). The number of aromatic nitrogens is 2. The second-order valence-corrected chi connectivity index (χ2v) is 7.51.